The maximum Gasteiger partial charge on any atom is 0.338 e. The number of carboxylic acid groups (broad SMARTS) is 1. The summed E-state index contributed by atoms with van der Waals surface area (Å²) in [5.41, 5.74) is -1.46. The van der Waals surface area contributed by atoms with Gasteiger partial charge in [-0.15, -0.1) is 0 Å². The highest BCUT2D eigenvalue weighted by Gasteiger charge is 2.60. The third-order valence-electron chi connectivity index (χ3n) is 9.83. The molecule has 1 aromatic rings. The predicted octanol–water partition coefficient (Wildman–Crippen LogP) is -2.67. The summed E-state index contributed by atoms with van der Waals surface area (Å²) in [5, 5.41) is 91.5. The molecule has 2 fully saturated rings. The van der Waals surface area contributed by atoms with Crippen molar-refractivity contribution in [1.29, 1.82) is 0 Å². The van der Waals surface area contributed by atoms with Crippen LogP contribution in [0.15, 0.2) is 66.0 Å². The number of aliphatic hydroxyl groups excluding tert-OH is 7. The summed E-state index contributed by atoms with van der Waals surface area (Å²) in [4.78, 5) is 38.0. The molecule has 1 aromatic carbocycles. The minimum Gasteiger partial charge on any atom is -0.508 e. The van der Waals surface area contributed by atoms with Crippen molar-refractivity contribution in [1.82, 2.24) is 0 Å². The molecule has 1 aliphatic carbocycles. The van der Waals surface area contributed by atoms with Crippen LogP contribution in [0, 0.1) is 11.8 Å². The van der Waals surface area contributed by atoms with E-state index in [4.69, 9.17) is 33.2 Å². The van der Waals surface area contributed by atoms with Crippen molar-refractivity contribution in [2.45, 2.75) is 86.3 Å². The van der Waals surface area contributed by atoms with Crippen LogP contribution in [0.4, 0.5) is 0 Å². The normalized spacial score (nSPS) is 39.4. The van der Waals surface area contributed by atoms with Gasteiger partial charge in [-0.25, -0.2) is 14.4 Å². The second-order valence-electron chi connectivity index (χ2n) is 13.3. The molecule has 19 heteroatoms. The van der Waals surface area contributed by atoms with Gasteiger partial charge in [0.25, 0.3) is 0 Å². The Kier molecular flexibility index (Phi) is 11.6. The van der Waals surface area contributed by atoms with Crippen molar-refractivity contribution in [2.75, 3.05) is 13.2 Å². The number of esters is 2. The number of phenolic OH excluding ortho intramolecular Hbond substituents is 1. The molecule has 1 spiro atoms. The van der Waals surface area contributed by atoms with Gasteiger partial charge in [-0.05, 0) is 42.8 Å². The average Bonchev–Trinajstić information content (AvgIpc) is 3.69. The number of ether oxygens (including phenoxy) is 7. The van der Waals surface area contributed by atoms with Gasteiger partial charge in [0.1, 0.15) is 60.7 Å². The summed E-state index contributed by atoms with van der Waals surface area (Å²) >= 11 is 0. The van der Waals surface area contributed by atoms with E-state index in [2.05, 4.69) is 0 Å². The molecule has 2 saturated heterocycles. The van der Waals surface area contributed by atoms with Crippen LogP contribution in [-0.2, 0) is 47.5 Å². The van der Waals surface area contributed by atoms with Gasteiger partial charge >= 0.3 is 17.9 Å². The molecule has 0 bridgehead atoms. The highest BCUT2D eigenvalue weighted by molar-refractivity contribution is 5.95. The minimum atomic E-state index is -1.92. The SMILES string of the molecule is C[C@@H](OC(=O)/C=C/c1ccc(O)cc1)C1=C[C@@]2(C=C[C@@H]3C(C(=O)O)=CO[C@@H](O[C@@H]4O[C@H](CO[C@@H]5O[C@H](CO)[C@@H](O)[C@H](O)[C@H]5O)[C@@H](O)[C@H](O)[C@H]4O)[C@@H]32)OC1=O. The Hall–Kier alpha value is -4.25. The van der Waals surface area contributed by atoms with E-state index in [1.54, 1.807) is 12.1 Å². The average molecular weight is 765 g/mol. The maximum atomic E-state index is 13.3. The van der Waals surface area contributed by atoms with E-state index in [1.165, 1.54) is 43.4 Å². The van der Waals surface area contributed by atoms with E-state index in [1.807, 2.05) is 0 Å². The van der Waals surface area contributed by atoms with E-state index in [0.717, 1.165) is 12.3 Å². The molecule has 6 rings (SSSR count). The van der Waals surface area contributed by atoms with Crippen LogP contribution in [0.25, 0.3) is 6.08 Å². The van der Waals surface area contributed by atoms with Crippen LogP contribution in [-0.4, -0.2) is 156 Å². The molecule has 19 nitrogen and oxygen atoms in total. The lowest BCUT2D eigenvalue weighted by molar-refractivity contribution is -0.355. The molecular formula is C35H40O19. The molecular weight excluding hydrogens is 724 g/mol. The highest BCUT2D eigenvalue weighted by atomic mass is 16.8. The number of hydrogen-bond donors (Lipinski definition) is 9. The number of rotatable bonds is 11. The molecule has 0 aromatic heterocycles. The van der Waals surface area contributed by atoms with Gasteiger partial charge in [0.05, 0.1) is 36.5 Å². The zero-order valence-electron chi connectivity index (χ0n) is 28.4. The van der Waals surface area contributed by atoms with Gasteiger partial charge in [-0.3, -0.25) is 0 Å². The van der Waals surface area contributed by atoms with E-state index in [0.29, 0.717) is 5.56 Å². The molecule has 5 aliphatic rings. The first-order chi connectivity index (χ1) is 25.6. The van der Waals surface area contributed by atoms with Gasteiger partial charge in [0.15, 0.2) is 18.2 Å². The van der Waals surface area contributed by atoms with Gasteiger partial charge in [0, 0.05) is 12.0 Å². The molecule has 4 aliphatic heterocycles. The van der Waals surface area contributed by atoms with Crippen molar-refractivity contribution in [2.24, 2.45) is 11.8 Å². The van der Waals surface area contributed by atoms with Gasteiger partial charge in [-0.2, -0.15) is 0 Å². The van der Waals surface area contributed by atoms with Crippen LogP contribution in [0.2, 0.25) is 0 Å². The number of carbonyl (C=O) groups is 3. The third kappa shape index (κ3) is 7.66. The highest BCUT2D eigenvalue weighted by Crippen LogP contribution is 2.51. The van der Waals surface area contributed by atoms with Crippen molar-refractivity contribution >= 4 is 24.0 Å². The van der Waals surface area contributed by atoms with Crippen molar-refractivity contribution in [3.63, 3.8) is 0 Å². The molecule has 0 radical (unpaired) electrons. The van der Waals surface area contributed by atoms with E-state index in [9.17, 15) is 60.3 Å². The number of aliphatic hydroxyl groups is 7. The molecule has 9 N–H and O–H groups in total. The minimum absolute atomic E-state index is 0.0388. The number of aliphatic carboxylic acids is 1. The van der Waals surface area contributed by atoms with Gasteiger partial charge < -0.3 is 79.1 Å². The molecule has 294 valence electrons. The number of carbonyl (C=O) groups excluding carboxylic acids is 2. The summed E-state index contributed by atoms with van der Waals surface area (Å²) < 4.78 is 39.3. The molecule has 15 atom stereocenters. The Bertz CT molecular complexity index is 1690. The monoisotopic (exact) mass is 764 g/mol. The van der Waals surface area contributed by atoms with Crippen molar-refractivity contribution < 1.29 is 93.5 Å². The molecule has 54 heavy (non-hydrogen) atoms. The van der Waals surface area contributed by atoms with Crippen molar-refractivity contribution in [3.05, 3.63) is 71.5 Å². The van der Waals surface area contributed by atoms with Crippen LogP contribution in [0.1, 0.15) is 12.5 Å². The first-order valence-electron chi connectivity index (χ1n) is 16.8. The maximum absolute atomic E-state index is 13.3. The standard InChI is InChI=1S/C35H40O19/c1-14(50-22(38)7-4-15-2-5-16(37)6-3-15)18-10-35(54-31(18)47)9-8-17-19(30(45)46)12-48-32(23(17)35)53-34-29(44)27(42)25(40)21(52-34)13-49-33-28(43)26(41)24(39)20(11-36)51-33/h2-10,12,14,17,20-21,23-29,32-34,36-37,39-44H,11,13H2,1H3,(H,45,46)/b7-4+/t14-,17-,20-,21-,23-,24-,25-,26+,27+,28-,29-,32+,33-,34+,35-/m1/s1. The Morgan fingerprint density at radius 1 is 0.907 bits per heavy atom. The summed E-state index contributed by atoms with van der Waals surface area (Å²) in [6.07, 6.45) is -12.1. The lowest BCUT2D eigenvalue weighted by atomic mass is 9.78. The zero-order valence-corrected chi connectivity index (χ0v) is 28.4. The molecule has 0 saturated carbocycles. The van der Waals surface area contributed by atoms with Gasteiger partial charge in [0.2, 0.25) is 6.29 Å². The van der Waals surface area contributed by atoms with E-state index in [-0.39, 0.29) is 16.9 Å². The fourth-order valence-corrected chi connectivity index (χ4v) is 6.86. The Labute approximate surface area is 306 Å². The van der Waals surface area contributed by atoms with E-state index >= 15 is 0 Å². The quantitative estimate of drug-likeness (QED) is 0.0630. The van der Waals surface area contributed by atoms with Crippen LogP contribution < -0.4 is 0 Å². The van der Waals surface area contributed by atoms with Crippen molar-refractivity contribution in [3.8, 4) is 5.75 Å². The number of benzene rings is 1. The summed E-state index contributed by atoms with van der Waals surface area (Å²) in [6.45, 7) is 0.0411. The number of hydrogen-bond acceptors (Lipinski definition) is 18. The second-order valence-corrected chi connectivity index (χ2v) is 13.3. The summed E-state index contributed by atoms with van der Waals surface area (Å²) in [7, 11) is 0. The lowest BCUT2D eigenvalue weighted by Crippen LogP contribution is -2.62. The van der Waals surface area contributed by atoms with Crippen LogP contribution in [0.3, 0.4) is 0 Å². The topological polar surface area (TPSA) is 298 Å². The Morgan fingerprint density at radius 2 is 1.56 bits per heavy atom. The first kappa shape index (κ1) is 39.4. The van der Waals surface area contributed by atoms with E-state index < -0.39 is 122 Å². The number of allylic oxidation sites excluding steroid dienone is 1. The first-order valence-corrected chi connectivity index (χ1v) is 16.8. The summed E-state index contributed by atoms with van der Waals surface area (Å²) in [5.74, 6) is -5.21. The smallest absolute Gasteiger partial charge is 0.338 e. The van der Waals surface area contributed by atoms with Gasteiger partial charge in [-0.1, -0.05) is 18.2 Å². The molecule has 0 amide bonds. The third-order valence-corrected chi connectivity index (χ3v) is 9.83. The molecule has 4 heterocycles. The number of phenols is 1. The number of carboxylic acids is 1. The molecule has 0 unspecified atom stereocenters. The number of fused-ring (bicyclic) bond motifs is 2. The Balaban J connectivity index is 1.18. The fraction of sp³-hybridized carbons (Fsp3) is 0.514. The summed E-state index contributed by atoms with van der Waals surface area (Å²) in [6, 6.07) is 5.99. The van der Waals surface area contributed by atoms with Crippen LogP contribution >= 0.6 is 0 Å². The zero-order chi connectivity index (χ0) is 39.1. The number of aromatic hydroxyl groups is 1. The Morgan fingerprint density at radius 3 is 2.22 bits per heavy atom. The largest absolute Gasteiger partial charge is 0.508 e. The predicted molar refractivity (Wildman–Crippen MR) is 174 cm³/mol. The second kappa shape index (κ2) is 15.8. The fourth-order valence-electron chi connectivity index (χ4n) is 6.86. The lowest BCUT2D eigenvalue weighted by Gasteiger charge is -2.45. The van der Waals surface area contributed by atoms with Crippen LogP contribution in [0.5, 0.6) is 5.75 Å².